The van der Waals surface area contributed by atoms with E-state index in [0.717, 1.165) is 32.1 Å². The molecule has 0 aromatic carbocycles. The third-order valence-corrected chi connectivity index (χ3v) is 4.14. The number of aromatic nitrogens is 1. The van der Waals surface area contributed by atoms with Gasteiger partial charge in [-0.05, 0) is 25.2 Å². The summed E-state index contributed by atoms with van der Waals surface area (Å²) in [6.45, 7) is 4.44. The van der Waals surface area contributed by atoms with E-state index in [2.05, 4.69) is 19.2 Å². The van der Waals surface area contributed by atoms with E-state index < -0.39 is 0 Å². The summed E-state index contributed by atoms with van der Waals surface area (Å²) in [6.07, 6.45) is 4.59. The first kappa shape index (κ1) is 11.8. The van der Waals surface area contributed by atoms with E-state index in [1.165, 1.54) is 10.7 Å². The molecule has 2 nitrogen and oxygen atoms in total. The maximum Gasteiger partial charge on any atom is 0.132 e. The number of carbonyl (C=O) groups is 1. The molecule has 1 aliphatic carbocycles. The fourth-order valence-electron chi connectivity index (χ4n) is 2.21. The highest BCUT2D eigenvalue weighted by Crippen LogP contribution is 2.33. The molecule has 0 radical (unpaired) electrons. The molecule has 0 saturated heterocycles. The SMILES string of the molecule is CC(C)Cc1csc(C2CCC(=O)CC2)n1. The van der Waals surface area contributed by atoms with Crippen LogP contribution in [0.5, 0.6) is 0 Å². The van der Waals surface area contributed by atoms with E-state index in [1.807, 2.05) is 0 Å². The van der Waals surface area contributed by atoms with Crippen molar-refractivity contribution in [2.45, 2.75) is 51.9 Å². The molecular formula is C13H19NOS. The maximum atomic E-state index is 11.2. The standard InChI is InChI=1S/C13H19NOS/c1-9(2)7-11-8-16-13(14-11)10-3-5-12(15)6-4-10/h8-10H,3-7H2,1-2H3. The van der Waals surface area contributed by atoms with Crippen LogP contribution >= 0.6 is 11.3 Å². The molecule has 1 fully saturated rings. The van der Waals surface area contributed by atoms with Crippen molar-refractivity contribution in [2.24, 2.45) is 5.92 Å². The molecule has 88 valence electrons. The summed E-state index contributed by atoms with van der Waals surface area (Å²) in [7, 11) is 0. The first-order valence-corrected chi connectivity index (χ1v) is 6.99. The van der Waals surface area contributed by atoms with Crippen LogP contribution in [0, 0.1) is 5.92 Å². The van der Waals surface area contributed by atoms with Crippen LogP contribution in [0.2, 0.25) is 0 Å². The fraction of sp³-hybridized carbons (Fsp3) is 0.692. The number of hydrogen-bond donors (Lipinski definition) is 0. The number of nitrogens with zero attached hydrogens (tertiary/aromatic N) is 1. The highest BCUT2D eigenvalue weighted by atomic mass is 32.1. The molecular weight excluding hydrogens is 218 g/mol. The minimum atomic E-state index is 0.426. The van der Waals surface area contributed by atoms with Gasteiger partial charge in [0.05, 0.1) is 10.7 Å². The smallest absolute Gasteiger partial charge is 0.132 e. The second-order valence-electron chi connectivity index (χ2n) is 5.09. The minimum Gasteiger partial charge on any atom is -0.300 e. The summed E-state index contributed by atoms with van der Waals surface area (Å²) in [5.41, 5.74) is 1.23. The zero-order valence-corrected chi connectivity index (χ0v) is 10.8. The first-order valence-electron chi connectivity index (χ1n) is 6.11. The van der Waals surface area contributed by atoms with Crippen LogP contribution in [0.15, 0.2) is 5.38 Å². The number of thiazole rings is 1. The summed E-state index contributed by atoms with van der Waals surface area (Å²) < 4.78 is 0. The topological polar surface area (TPSA) is 30.0 Å². The maximum absolute atomic E-state index is 11.2. The summed E-state index contributed by atoms with van der Waals surface area (Å²) in [5.74, 6) is 1.64. The molecule has 1 aromatic rings. The molecule has 1 aliphatic rings. The lowest BCUT2D eigenvalue weighted by molar-refractivity contribution is -0.120. The highest BCUT2D eigenvalue weighted by molar-refractivity contribution is 7.09. The molecule has 3 heteroatoms. The van der Waals surface area contributed by atoms with Crippen molar-refractivity contribution in [1.29, 1.82) is 0 Å². The average molecular weight is 237 g/mol. The molecule has 1 aromatic heterocycles. The van der Waals surface area contributed by atoms with Crippen molar-refractivity contribution in [3.63, 3.8) is 0 Å². The predicted molar refractivity (Wildman–Crippen MR) is 66.9 cm³/mol. The largest absolute Gasteiger partial charge is 0.300 e. The molecule has 0 bridgehead atoms. The molecule has 16 heavy (non-hydrogen) atoms. The van der Waals surface area contributed by atoms with Gasteiger partial charge in [-0.2, -0.15) is 0 Å². The van der Waals surface area contributed by atoms with Crippen molar-refractivity contribution in [1.82, 2.24) is 4.98 Å². The summed E-state index contributed by atoms with van der Waals surface area (Å²) >= 11 is 1.78. The summed E-state index contributed by atoms with van der Waals surface area (Å²) in [4.78, 5) is 15.9. The number of ketones is 1. The molecule has 1 saturated carbocycles. The van der Waals surface area contributed by atoms with Gasteiger partial charge in [-0.25, -0.2) is 4.98 Å². The first-order chi connectivity index (χ1) is 7.65. The fourth-order valence-corrected chi connectivity index (χ4v) is 3.21. The second kappa shape index (κ2) is 5.09. The van der Waals surface area contributed by atoms with E-state index >= 15 is 0 Å². The second-order valence-corrected chi connectivity index (χ2v) is 5.98. The van der Waals surface area contributed by atoms with Crippen molar-refractivity contribution < 1.29 is 4.79 Å². The third kappa shape index (κ3) is 2.91. The van der Waals surface area contributed by atoms with E-state index in [9.17, 15) is 4.79 Å². The Kier molecular flexibility index (Phi) is 3.74. The van der Waals surface area contributed by atoms with Gasteiger partial charge >= 0.3 is 0 Å². The van der Waals surface area contributed by atoms with E-state index in [1.54, 1.807) is 11.3 Å². The Morgan fingerprint density at radius 3 is 2.75 bits per heavy atom. The van der Waals surface area contributed by atoms with Gasteiger partial charge in [0.1, 0.15) is 5.78 Å². The van der Waals surface area contributed by atoms with Crippen LogP contribution in [-0.2, 0) is 11.2 Å². The van der Waals surface area contributed by atoms with Gasteiger partial charge in [0, 0.05) is 24.1 Å². The molecule has 2 rings (SSSR count). The van der Waals surface area contributed by atoms with Gasteiger partial charge < -0.3 is 0 Å². The Labute approximate surface area is 101 Å². The lowest BCUT2D eigenvalue weighted by atomic mass is 9.89. The minimum absolute atomic E-state index is 0.426. The van der Waals surface area contributed by atoms with Gasteiger partial charge in [0.25, 0.3) is 0 Å². The molecule has 0 amide bonds. The summed E-state index contributed by atoms with van der Waals surface area (Å²) in [6, 6.07) is 0. The Bertz CT molecular complexity index is 360. The zero-order valence-electron chi connectivity index (χ0n) is 10.0. The van der Waals surface area contributed by atoms with Crippen LogP contribution < -0.4 is 0 Å². The van der Waals surface area contributed by atoms with Gasteiger partial charge in [0.15, 0.2) is 0 Å². The van der Waals surface area contributed by atoms with Gasteiger partial charge in [-0.3, -0.25) is 4.79 Å². The lowest BCUT2D eigenvalue weighted by Gasteiger charge is -2.18. The van der Waals surface area contributed by atoms with Crippen LogP contribution in [0.4, 0.5) is 0 Å². The van der Waals surface area contributed by atoms with E-state index in [0.29, 0.717) is 17.6 Å². The average Bonchev–Trinajstić information content (AvgIpc) is 2.66. The van der Waals surface area contributed by atoms with Crippen LogP contribution in [0.25, 0.3) is 0 Å². The van der Waals surface area contributed by atoms with E-state index in [-0.39, 0.29) is 0 Å². The van der Waals surface area contributed by atoms with Crippen molar-refractivity contribution in [3.05, 3.63) is 16.1 Å². The van der Waals surface area contributed by atoms with Crippen molar-refractivity contribution in [3.8, 4) is 0 Å². The molecule has 0 N–H and O–H groups in total. The van der Waals surface area contributed by atoms with Gasteiger partial charge in [-0.1, -0.05) is 13.8 Å². The van der Waals surface area contributed by atoms with Crippen molar-refractivity contribution in [2.75, 3.05) is 0 Å². The molecule has 1 heterocycles. The Hall–Kier alpha value is -0.700. The third-order valence-electron chi connectivity index (χ3n) is 3.08. The monoisotopic (exact) mass is 237 g/mol. The van der Waals surface area contributed by atoms with Crippen molar-refractivity contribution >= 4 is 17.1 Å². The molecule has 0 unspecified atom stereocenters. The van der Waals surface area contributed by atoms with Gasteiger partial charge in [0.2, 0.25) is 0 Å². The lowest BCUT2D eigenvalue weighted by Crippen LogP contribution is -2.12. The predicted octanol–water partition coefficient (Wildman–Crippen LogP) is 3.57. The Morgan fingerprint density at radius 1 is 1.44 bits per heavy atom. The van der Waals surface area contributed by atoms with E-state index in [4.69, 9.17) is 4.98 Å². The highest BCUT2D eigenvalue weighted by Gasteiger charge is 2.22. The zero-order chi connectivity index (χ0) is 11.5. The van der Waals surface area contributed by atoms with Crippen LogP contribution in [0.3, 0.4) is 0 Å². The Balaban J connectivity index is 1.99. The van der Waals surface area contributed by atoms with Gasteiger partial charge in [-0.15, -0.1) is 11.3 Å². The number of hydrogen-bond acceptors (Lipinski definition) is 3. The molecule has 0 aliphatic heterocycles. The normalized spacial score (nSPS) is 18.3. The Morgan fingerprint density at radius 2 is 2.12 bits per heavy atom. The molecule has 0 atom stereocenters. The molecule has 0 spiro atoms. The summed E-state index contributed by atoms with van der Waals surface area (Å²) in [5, 5.41) is 3.44. The van der Waals surface area contributed by atoms with Crippen LogP contribution in [-0.4, -0.2) is 10.8 Å². The number of Topliss-reactive ketones (excluding diaryl/α,β-unsaturated/α-hetero) is 1. The quantitative estimate of drug-likeness (QED) is 0.804. The number of carbonyl (C=O) groups excluding carboxylic acids is 1. The number of rotatable bonds is 3. The van der Waals surface area contributed by atoms with Crippen LogP contribution in [0.1, 0.15) is 56.2 Å².